The van der Waals surface area contributed by atoms with Crippen LogP contribution in [0.5, 0.6) is 5.75 Å². The van der Waals surface area contributed by atoms with E-state index in [0.717, 1.165) is 21.5 Å². The van der Waals surface area contributed by atoms with Crippen molar-refractivity contribution in [1.82, 2.24) is 4.98 Å². The summed E-state index contributed by atoms with van der Waals surface area (Å²) in [5, 5.41) is 3.71. The maximum Gasteiger partial charge on any atom is 0.268 e. The number of hydrogen-bond donors (Lipinski definition) is 2. The fourth-order valence-corrected chi connectivity index (χ4v) is 3.45. The summed E-state index contributed by atoms with van der Waals surface area (Å²) in [6, 6.07) is 9.32. The second-order valence-corrected chi connectivity index (χ2v) is 6.47. The molecule has 24 heavy (non-hydrogen) atoms. The number of nitrogens with two attached hydrogens (primary N) is 1. The van der Waals surface area contributed by atoms with E-state index in [0.29, 0.717) is 28.6 Å². The Bertz CT molecular complexity index is 918. The topological polar surface area (TPSA) is 77.2 Å². The van der Waals surface area contributed by atoms with Gasteiger partial charge in [-0.3, -0.25) is 4.79 Å². The van der Waals surface area contributed by atoms with Gasteiger partial charge in [0.15, 0.2) is 0 Å². The standard InChI is InChI=1S/C18H19N3O2S/c1-4-23-14-8-6-5-7-13(14)21-17(22)16-15(19)12-9-10(2)11(3)20-18(12)24-16/h5-9H,4,19H2,1-3H3,(H,21,22). The van der Waals surface area contributed by atoms with Gasteiger partial charge in [-0.15, -0.1) is 11.3 Å². The van der Waals surface area contributed by atoms with Gasteiger partial charge in [0.1, 0.15) is 15.5 Å². The summed E-state index contributed by atoms with van der Waals surface area (Å²) >= 11 is 1.30. The summed E-state index contributed by atoms with van der Waals surface area (Å²) in [5.41, 5.74) is 9.28. The third kappa shape index (κ3) is 2.92. The van der Waals surface area contributed by atoms with Crippen molar-refractivity contribution in [3.8, 4) is 5.75 Å². The third-order valence-electron chi connectivity index (χ3n) is 3.81. The molecule has 0 aliphatic rings. The van der Waals surface area contributed by atoms with Crippen LogP contribution >= 0.6 is 11.3 Å². The Morgan fingerprint density at radius 1 is 1.33 bits per heavy atom. The first kappa shape index (κ1) is 16.3. The van der Waals surface area contributed by atoms with E-state index < -0.39 is 0 Å². The molecule has 3 N–H and O–H groups in total. The number of aromatic nitrogens is 1. The number of hydrogen-bond acceptors (Lipinski definition) is 5. The molecular weight excluding hydrogens is 322 g/mol. The number of para-hydroxylation sites is 2. The van der Waals surface area contributed by atoms with Crippen LogP contribution < -0.4 is 15.8 Å². The summed E-state index contributed by atoms with van der Waals surface area (Å²) in [6.45, 7) is 6.36. The number of carbonyl (C=O) groups is 1. The van der Waals surface area contributed by atoms with Crippen molar-refractivity contribution in [2.24, 2.45) is 0 Å². The molecule has 3 rings (SSSR count). The molecule has 0 radical (unpaired) electrons. The van der Waals surface area contributed by atoms with Gasteiger partial charge in [-0.05, 0) is 44.5 Å². The SMILES string of the molecule is CCOc1ccccc1NC(=O)c1sc2nc(C)c(C)cc2c1N. The van der Waals surface area contributed by atoms with Gasteiger partial charge >= 0.3 is 0 Å². The van der Waals surface area contributed by atoms with Crippen molar-refractivity contribution in [2.45, 2.75) is 20.8 Å². The molecule has 124 valence electrons. The van der Waals surface area contributed by atoms with Crippen molar-refractivity contribution < 1.29 is 9.53 Å². The Morgan fingerprint density at radius 3 is 2.83 bits per heavy atom. The largest absolute Gasteiger partial charge is 0.492 e. The molecule has 3 aromatic rings. The number of amides is 1. The number of pyridine rings is 1. The summed E-state index contributed by atoms with van der Waals surface area (Å²) in [4.78, 5) is 18.4. The van der Waals surface area contributed by atoms with Crippen LogP contribution in [0, 0.1) is 13.8 Å². The average Bonchev–Trinajstić information content (AvgIpc) is 2.87. The van der Waals surface area contributed by atoms with Gasteiger partial charge < -0.3 is 15.8 Å². The predicted molar refractivity (Wildman–Crippen MR) is 99.1 cm³/mol. The normalized spacial score (nSPS) is 10.8. The van der Waals surface area contributed by atoms with E-state index in [9.17, 15) is 4.79 Å². The molecule has 0 spiro atoms. The molecule has 0 unspecified atom stereocenters. The number of nitrogens with zero attached hydrogens (tertiary/aromatic N) is 1. The molecule has 1 aromatic carbocycles. The highest BCUT2D eigenvalue weighted by atomic mass is 32.1. The summed E-state index contributed by atoms with van der Waals surface area (Å²) in [5.74, 6) is 0.385. The first-order chi connectivity index (χ1) is 11.5. The molecule has 6 heteroatoms. The number of aryl methyl sites for hydroxylation is 2. The molecule has 1 amide bonds. The van der Waals surface area contributed by atoms with Crippen LogP contribution in [0.1, 0.15) is 27.9 Å². The third-order valence-corrected chi connectivity index (χ3v) is 4.92. The lowest BCUT2D eigenvalue weighted by Crippen LogP contribution is -2.13. The van der Waals surface area contributed by atoms with Crippen LogP contribution in [0.15, 0.2) is 30.3 Å². The Morgan fingerprint density at radius 2 is 2.08 bits per heavy atom. The molecule has 2 heterocycles. The monoisotopic (exact) mass is 341 g/mol. The first-order valence-corrected chi connectivity index (χ1v) is 8.52. The van der Waals surface area contributed by atoms with Crippen LogP contribution in [-0.2, 0) is 0 Å². The number of ether oxygens (including phenoxy) is 1. The van der Waals surface area contributed by atoms with Crippen LogP contribution in [0.2, 0.25) is 0 Å². The fraction of sp³-hybridized carbons (Fsp3) is 0.222. The van der Waals surface area contributed by atoms with Gasteiger partial charge in [-0.2, -0.15) is 0 Å². The van der Waals surface area contributed by atoms with Gasteiger partial charge in [-0.25, -0.2) is 4.98 Å². The fourth-order valence-electron chi connectivity index (χ4n) is 2.43. The van der Waals surface area contributed by atoms with E-state index in [1.165, 1.54) is 11.3 Å². The van der Waals surface area contributed by atoms with E-state index >= 15 is 0 Å². The Hall–Kier alpha value is -2.60. The molecule has 0 fully saturated rings. The number of fused-ring (bicyclic) bond motifs is 1. The zero-order valence-electron chi connectivity index (χ0n) is 13.8. The average molecular weight is 341 g/mol. The van der Waals surface area contributed by atoms with Crippen molar-refractivity contribution in [3.05, 3.63) is 46.5 Å². The van der Waals surface area contributed by atoms with Crippen molar-refractivity contribution in [3.63, 3.8) is 0 Å². The van der Waals surface area contributed by atoms with E-state index in [-0.39, 0.29) is 5.91 Å². The van der Waals surface area contributed by atoms with Crippen LogP contribution in [0.3, 0.4) is 0 Å². The van der Waals surface area contributed by atoms with Crippen molar-refractivity contribution in [1.29, 1.82) is 0 Å². The molecule has 0 aliphatic heterocycles. The minimum Gasteiger partial charge on any atom is -0.492 e. The van der Waals surface area contributed by atoms with Crippen molar-refractivity contribution >= 4 is 38.8 Å². The van der Waals surface area contributed by atoms with E-state index in [2.05, 4.69) is 10.3 Å². The summed E-state index contributed by atoms with van der Waals surface area (Å²) in [7, 11) is 0. The zero-order chi connectivity index (χ0) is 17.3. The molecule has 5 nitrogen and oxygen atoms in total. The van der Waals surface area contributed by atoms with Crippen molar-refractivity contribution in [2.75, 3.05) is 17.7 Å². The molecule has 0 atom stereocenters. The number of thiophene rings is 1. The summed E-state index contributed by atoms with van der Waals surface area (Å²) < 4.78 is 5.54. The lowest BCUT2D eigenvalue weighted by Gasteiger charge is -2.10. The number of nitrogen functional groups attached to an aromatic ring is 1. The van der Waals surface area contributed by atoms with E-state index in [1.54, 1.807) is 6.07 Å². The maximum absolute atomic E-state index is 12.7. The number of carbonyl (C=O) groups excluding carboxylic acids is 1. The minimum absolute atomic E-state index is 0.252. The summed E-state index contributed by atoms with van der Waals surface area (Å²) in [6.07, 6.45) is 0. The molecule has 0 saturated heterocycles. The minimum atomic E-state index is -0.252. The second kappa shape index (κ2) is 6.49. The lowest BCUT2D eigenvalue weighted by molar-refractivity contribution is 0.103. The van der Waals surface area contributed by atoms with Gasteiger partial charge in [0.2, 0.25) is 0 Å². The van der Waals surface area contributed by atoms with Crippen LogP contribution in [-0.4, -0.2) is 17.5 Å². The quantitative estimate of drug-likeness (QED) is 0.747. The smallest absolute Gasteiger partial charge is 0.268 e. The highest BCUT2D eigenvalue weighted by Crippen LogP contribution is 2.34. The highest BCUT2D eigenvalue weighted by Gasteiger charge is 2.19. The number of anilines is 2. The maximum atomic E-state index is 12.7. The molecular formula is C18H19N3O2S. The number of rotatable bonds is 4. The van der Waals surface area contributed by atoms with E-state index in [1.807, 2.05) is 45.0 Å². The Balaban J connectivity index is 1.96. The molecule has 2 aromatic heterocycles. The Kier molecular flexibility index (Phi) is 4.40. The predicted octanol–water partition coefficient (Wildman–Crippen LogP) is 4.15. The molecule has 0 aliphatic carbocycles. The Labute approximate surface area is 144 Å². The number of benzene rings is 1. The molecule has 0 bridgehead atoms. The van der Waals surface area contributed by atoms with Gasteiger partial charge in [0.25, 0.3) is 5.91 Å². The first-order valence-electron chi connectivity index (χ1n) is 7.70. The molecule has 0 saturated carbocycles. The van der Waals surface area contributed by atoms with Gasteiger partial charge in [0.05, 0.1) is 18.0 Å². The lowest BCUT2D eigenvalue weighted by atomic mass is 10.1. The number of nitrogens with one attached hydrogen (secondary N) is 1. The van der Waals surface area contributed by atoms with E-state index in [4.69, 9.17) is 10.5 Å². The van der Waals surface area contributed by atoms with Crippen LogP contribution in [0.4, 0.5) is 11.4 Å². The highest BCUT2D eigenvalue weighted by molar-refractivity contribution is 7.21. The van der Waals surface area contributed by atoms with Gasteiger partial charge in [0, 0.05) is 11.1 Å². The van der Waals surface area contributed by atoms with Gasteiger partial charge in [-0.1, -0.05) is 12.1 Å². The second-order valence-electron chi connectivity index (χ2n) is 5.47. The zero-order valence-corrected chi connectivity index (χ0v) is 14.7. The van der Waals surface area contributed by atoms with Crippen LogP contribution in [0.25, 0.3) is 10.2 Å².